The molecular weight excluding hydrogens is 316 g/mol. The summed E-state index contributed by atoms with van der Waals surface area (Å²) in [5.74, 6) is 1.02. The zero-order chi connectivity index (χ0) is 17.7. The number of benzene rings is 1. The molecule has 5 heteroatoms. The van der Waals surface area contributed by atoms with Crippen molar-refractivity contribution in [2.45, 2.75) is 44.1 Å². The van der Waals surface area contributed by atoms with Crippen molar-refractivity contribution in [3.05, 3.63) is 29.8 Å². The summed E-state index contributed by atoms with van der Waals surface area (Å²) in [7, 11) is 1.66. The van der Waals surface area contributed by atoms with Crippen LogP contribution in [0.3, 0.4) is 0 Å². The number of carbonyl (C=O) groups is 1. The SMILES string of the molecule is COc1ccccc1CCC(=O)N1CCC(O)(CN2CCCC2)CC1. The number of ether oxygens (including phenoxy) is 1. The van der Waals surface area contributed by atoms with Crippen molar-refractivity contribution in [2.75, 3.05) is 39.8 Å². The summed E-state index contributed by atoms with van der Waals surface area (Å²) in [6.45, 7) is 4.29. The van der Waals surface area contributed by atoms with Crippen molar-refractivity contribution in [1.82, 2.24) is 9.80 Å². The minimum Gasteiger partial charge on any atom is -0.496 e. The maximum absolute atomic E-state index is 12.5. The van der Waals surface area contributed by atoms with Crippen LogP contribution in [0, 0.1) is 0 Å². The number of β-amino-alcohol motifs (C(OH)–C–C–N with tert-alkyl or cyclic N) is 1. The lowest BCUT2D eigenvalue weighted by Crippen LogP contribution is -2.51. The monoisotopic (exact) mass is 346 g/mol. The Bertz CT molecular complexity index is 576. The molecule has 2 saturated heterocycles. The number of likely N-dealkylation sites (tertiary alicyclic amines) is 2. The van der Waals surface area contributed by atoms with Gasteiger partial charge in [0, 0.05) is 26.1 Å². The number of methoxy groups -OCH3 is 1. The number of aliphatic hydroxyl groups is 1. The van der Waals surface area contributed by atoms with Crippen molar-refractivity contribution in [3.8, 4) is 5.75 Å². The molecule has 1 N–H and O–H groups in total. The van der Waals surface area contributed by atoms with E-state index in [0.717, 1.165) is 30.9 Å². The molecule has 0 saturated carbocycles. The van der Waals surface area contributed by atoms with E-state index in [4.69, 9.17) is 4.74 Å². The second kappa shape index (κ2) is 8.19. The number of rotatable bonds is 6. The van der Waals surface area contributed by atoms with Gasteiger partial charge in [0.05, 0.1) is 12.7 Å². The summed E-state index contributed by atoms with van der Waals surface area (Å²) in [4.78, 5) is 16.8. The highest BCUT2D eigenvalue weighted by molar-refractivity contribution is 5.76. The molecule has 0 bridgehead atoms. The highest BCUT2D eigenvalue weighted by Crippen LogP contribution is 2.26. The molecular formula is C20H30N2O3. The van der Waals surface area contributed by atoms with E-state index in [1.165, 1.54) is 12.8 Å². The van der Waals surface area contributed by atoms with E-state index < -0.39 is 5.60 Å². The largest absolute Gasteiger partial charge is 0.496 e. The fraction of sp³-hybridized carbons (Fsp3) is 0.650. The second-order valence-corrected chi connectivity index (χ2v) is 7.40. The van der Waals surface area contributed by atoms with Gasteiger partial charge in [0.15, 0.2) is 0 Å². The van der Waals surface area contributed by atoms with Crippen molar-refractivity contribution >= 4 is 5.91 Å². The normalized spacial score (nSPS) is 20.6. The van der Waals surface area contributed by atoms with Gasteiger partial charge in [-0.1, -0.05) is 18.2 Å². The Kier molecular flexibility index (Phi) is 5.97. The third-order valence-electron chi connectivity index (χ3n) is 5.56. The zero-order valence-electron chi connectivity index (χ0n) is 15.2. The summed E-state index contributed by atoms with van der Waals surface area (Å²) < 4.78 is 5.35. The van der Waals surface area contributed by atoms with Gasteiger partial charge in [0.1, 0.15) is 5.75 Å². The molecule has 25 heavy (non-hydrogen) atoms. The summed E-state index contributed by atoms with van der Waals surface area (Å²) in [6, 6.07) is 7.86. The minimum absolute atomic E-state index is 0.175. The van der Waals surface area contributed by atoms with Gasteiger partial charge in [-0.15, -0.1) is 0 Å². The Balaban J connectivity index is 1.46. The van der Waals surface area contributed by atoms with Gasteiger partial charge in [-0.25, -0.2) is 0 Å². The molecule has 1 aromatic rings. The van der Waals surface area contributed by atoms with E-state index in [-0.39, 0.29) is 5.91 Å². The Hall–Kier alpha value is -1.59. The smallest absolute Gasteiger partial charge is 0.222 e. The zero-order valence-corrected chi connectivity index (χ0v) is 15.2. The van der Waals surface area contributed by atoms with Crippen LogP contribution >= 0.6 is 0 Å². The number of hydrogen-bond acceptors (Lipinski definition) is 4. The predicted octanol–water partition coefficient (Wildman–Crippen LogP) is 2.08. The molecule has 0 unspecified atom stereocenters. The Morgan fingerprint density at radius 3 is 2.52 bits per heavy atom. The van der Waals surface area contributed by atoms with Crippen molar-refractivity contribution in [1.29, 1.82) is 0 Å². The van der Waals surface area contributed by atoms with Crippen molar-refractivity contribution < 1.29 is 14.6 Å². The Morgan fingerprint density at radius 1 is 1.16 bits per heavy atom. The Labute approximate surface area is 150 Å². The fourth-order valence-corrected chi connectivity index (χ4v) is 4.00. The van der Waals surface area contributed by atoms with Gasteiger partial charge in [-0.05, 0) is 56.8 Å². The average Bonchev–Trinajstić information content (AvgIpc) is 3.13. The van der Waals surface area contributed by atoms with Crippen LogP contribution in [0.15, 0.2) is 24.3 Å². The molecule has 0 aromatic heterocycles. The number of para-hydroxylation sites is 1. The van der Waals surface area contributed by atoms with Gasteiger partial charge in [-0.3, -0.25) is 4.79 Å². The fourth-order valence-electron chi connectivity index (χ4n) is 4.00. The molecule has 1 amide bonds. The third kappa shape index (κ3) is 4.73. The third-order valence-corrected chi connectivity index (χ3v) is 5.56. The predicted molar refractivity (Wildman–Crippen MR) is 97.8 cm³/mol. The molecule has 138 valence electrons. The molecule has 1 aromatic carbocycles. The standard InChI is InChI=1S/C20H30N2O3/c1-25-18-7-3-2-6-17(18)8-9-19(23)22-14-10-20(24,11-15-22)16-21-12-4-5-13-21/h2-3,6-7,24H,4-5,8-16H2,1H3. The van der Waals surface area contributed by atoms with Crippen molar-refractivity contribution in [2.24, 2.45) is 0 Å². The highest BCUT2D eigenvalue weighted by Gasteiger charge is 2.35. The molecule has 5 nitrogen and oxygen atoms in total. The number of hydrogen-bond donors (Lipinski definition) is 1. The van der Waals surface area contributed by atoms with Crippen LogP contribution in [-0.4, -0.2) is 66.2 Å². The summed E-state index contributed by atoms with van der Waals surface area (Å²) >= 11 is 0. The molecule has 0 aliphatic carbocycles. The molecule has 0 atom stereocenters. The van der Waals surface area contributed by atoms with Gasteiger partial charge >= 0.3 is 0 Å². The van der Waals surface area contributed by atoms with Gasteiger partial charge in [0.25, 0.3) is 0 Å². The summed E-state index contributed by atoms with van der Waals surface area (Å²) in [5, 5.41) is 10.8. The maximum Gasteiger partial charge on any atom is 0.222 e. The van der Waals surface area contributed by atoms with Crippen LogP contribution in [0.4, 0.5) is 0 Å². The van der Waals surface area contributed by atoms with Crippen LogP contribution in [0.1, 0.15) is 37.7 Å². The van der Waals surface area contributed by atoms with E-state index in [2.05, 4.69) is 4.90 Å². The van der Waals surface area contributed by atoms with Crippen molar-refractivity contribution in [3.63, 3.8) is 0 Å². The van der Waals surface area contributed by atoms with E-state index in [9.17, 15) is 9.90 Å². The first kappa shape index (κ1) is 18.2. The molecule has 2 fully saturated rings. The molecule has 0 radical (unpaired) electrons. The number of nitrogens with zero attached hydrogens (tertiary/aromatic N) is 2. The average molecular weight is 346 g/mol. The second-order valence-electron chi connectivity index (χ2n) is 7.40. The first-order chi connectivity index (χ1) is 12.1. The molecule has 2 heterocycles. The van der Waals surface area contributed by atoms with E-state index >= 15 is 0 Å². The first-order valence-electron chi connectivity index (χ1n) is 9.44. The van der Waals surface area contributed by atoms with Crippen LogP contribution in [0.25, 0.3) is 0 Å². The quantitative estimate of drug-likeness (QED) is 0.857. The van der Waals surface area contributed by atoms with Crippen LogP contribution in [0.2, 0.25) is 0 Å². The lowest BCUT2D eigenvalue weighted by atomic mass is 9.90. The minimum atomic E-state index is -0.621. The van der Waals surface area contributed by atoms with E-state index in [1.54, 1.807) is 7.11 Å². The van der Waals surface area contributed by atoms with Crippen LogP contribution < -0.4 is 4.74 Å². The first-order valence-corrected chi connectivity index (χ1v) is 9.44. The summed E-state index contributed by atoms with van der Waals surface area (Å²) in [5.41, 5.74) is 0.449. The topological polar surface area (TPSA) is 53.0 Å². The number of carbonyl (C=O) groups excluding carboxylic acids is 1. The highest BCUT2D eigenvalue weighted by atomic mass is 16.5. The lowest BCUT2D eigenvalue weighted by molar-refractivity contribution is -0.136. The number of piperidine rings is 1. The molecule has 3 rings (SSSR count). The maximum atomic E-state index is 12.5. The lowest BCUT2D eigenvalue weighted by Gasteiger charge is -2.40. The van der Waals surface area contributed by atoms with Gasteiger partial charge in [-0.2, -0.15) is 0 Å². The van der Waals surface area contributed by atoms with Crippen LogP contribution in [-0.2, 0) is 11.2 Å². The van der Waals surface area contributed by atoms with Gasteiger partial charge in [0.2, 0.25) is 5.91 Å². The summed E-state index contributed by atoms with van der Waals surface area (Å²) in [6.07, 6.45) is 5.03. The van der Waals surface area contributed by atoms with Crippen LogP contribution in [0.5, 0.6) is 5.75 Å². The number of amides is 1. The van der Waals surface area contributed by atoms with E-state index in [0.29, 0.717) is 38.8 Å². The van der Waals surface area contributed by atoms with E-state index in [1.807, 2.05) is 29.2 Å². The molecule has 0 spiro atoms. The molecule has 2 aliphatic rings. The van der Waals surface area contributed by atoms with Gasteiger partial charge < -0.3 is 19.6 Å². The molecule has 2 aliphatic heterocycles. The number of aryl methyl sites for hydroxylation is 1. The Morgan fingerprint density at radius 2 is 1.84 bits per heavy atom.